The fraction of sp³-hybridized carbons (Fsp3) is 0.267. The van der Waals surface area contributed by atoms with E-state index in [1.54, 1.807) is 24.3 Å². The van der Waals surface area contributed by atoms with Gasteiger partial charge in [-0.3, -0.25) is 24.4 Å². The van der Waals surface area contributed by atoms with Crippen LogP contribution < -0.4 is 0 Å². The van der Waals surface area contributed by atoms with Gasteiger partial charge in [-0.15, -0.1) is 0 Å². The Labute approximate surface area is 216 Å². The van der Waals surface area contributed by atoms with Crippen molar-refractivity contribution in [2.24, 2.45) is 7.05 Å². The van der Waals surface area contributed by atoms with E-state index < -0.39 is 0 Å². The number of carbonyl (C=O) groups is 2. The number of benzene rings is 2. The molecule has 7 nitrogen and oxygen atoms in total. The molecule has 4 aromatic rings. The molecule has 0 N–H and O–H groups in total. The Hall–Kier alpha value is -4.10. The predicted octanol–water partition coefficient (Wildman–Crippen LogP) is 4.70. The third-order valence-electron chi connectivity index (χ3n) is 7.50. The maximum absolute atomic E-state index is 12.7. The van der Waals surface area contributed by atoms with Crippen LogP contribution in [-0.2, 0) is 20.0 Å². The summed E-state index contributed by atoms with van der Waals surface area (Å²) in [4.78, 5) is 38.9. The SMILES string of the molecule is Cn1c(CN(C/C=C/CN2C(=O)c3ccccc3C2=O)C2CCCc3cccnc32)nc2ccccc21. The van der Waals surface area contributed by atoms with Gasteiger partial charge in [0.05, 0.1) is 40.4 Å². The van der Waals surface area contributed by atoms with Crippen molar-refractivity contribution in [2.75, 3.05) is 13.1 Å². The monoisotopic (exact) mass is 491 g/mol. The number of pyridine rings is 1. The molecule has 6 rings (SSSR count). The summed E-state index contributed by atoms with van der Waals surface area (Å²) in [5, 5.41) is 0. The molecule has 0 spiro atoms. The number of hydrogen-bond acceptors (Lipinski definition) is 5. The van der Waals surface area contributed by atoms with Crippen LogP contribution in [0, 0.1) is 0 Å². The van der Waals surface area contributed by atoms with E-state index in [0.717, 1.165) is 41.8 Å². The van der Waals surface area contributed by atoms with Crippen molar-refractivity contribution in [3.63, 3.8) is 0 Å². The highest BCUT2D eigenvalue weighted by Crippen LogP contribution is 2.34. The summed E-state index contributed by atoms with van der Waals surface area (Å²) < 4.78 is 2.16. The van der Waals surface area contributed by atoms with Crippen LogP contribution >= 0.6 is 0 Å². The van der Waals surface area contributed by atoms with Gasteiger partial charge in [-0.1, -0.05) is 42.5 Å². The zero-order chi connectivity index (χ0) is 25.4. The van der Waals surface area contributed by atoms with Crippen molar-refractivity contribution in [3.8, 4) is 0 Å². The Kier molecular flexibility index (Phi) is 6.14. The molecule has 0 fully saturated rings. The fourth-order valence-corrected chi connectivity index (χ4v) is 5.56. The number of imide groups is 1. The highest BCUT2D eigenvalue weighted by molar-refractivity contribution is 6.21. The Bertz CT molecular complexity index is 1490. The number of fused-ring (bicyclic) bond motifs is 3. The molecular formula is C30H29N5O2. The van der Waals surface area contributed by atoms with Gasteiger partial charge in [-0.2, -0.15) is 0 Å². The largest absolute Gasteiger partial charge is 0.330 e. The van der Waals surface area contributed by atoms with Crippen LogP contribution in [0.25, 0.3) is 11.0 Å². The van der Waals surface area contributed by atoms with Crippen LogP contribution in [0.3, 0.4) is 0 Å². The predicted molar refractivity (Wildman–Crippen MR) is 142 cm³/mol. The lowest BCUT2D eigenvalue weighted by Gasteiger charge is -2.34. The number of carbonyl (C=O) groups excluding carboxylic acids is 2. The van der Waals surface area contributed by atoms with Gasteiger partial charge in [0.25, 0.3) is 11.8 Å². The van der Waals surface area contributed by atoms with Crippen LogP contribution in [0.1, 0.15) is 56.7 Å². The average Bonchev–Trinajstić information content (AvgIpc) is 3.38. The molecule has 1 aliphatic carbocycles. The molecule has 2 aromatic carbocycles. The number of nitrogens with zero attached hydrogens (tertiary/aromatic N) is 5. The number of para-hydroxylation sites is 2. The Morgan fingerprint density at radius 3 is 2.51 bits per heavy atom. The normalized spacial score (nSPS) is 17.2. The first kappa shape index (κ1) is 23.3. The average molecular weight is 492 g/mol. The third-order valence-corrected chi connectivity index (χ3v) is 7.50. The van der Waals surface area contributed by atoms with Gasteiger partial charge >= 0.3 is 0 Å². The molecule has 0 saturated heterocycles. The van der Waals surface area contributed by atoms with Gasteiger partial charge < -0.3 is 4.57 Å². The molecule has 0 bridgehead atoms. The van der Waals surface area contributed by atoms with E-state index in [4.69, 9.17) is 9.97 Å². The van der Waals surface area contributed by atoms with Crippen LogP contribution in [0.5, 0.6) is 0 Å². The van der Waals surface area contributed by atoms with Gasteiger partial charge in [0.1, 0.15) is 5.82 Å². The smallest absolute Gasteiger partial charge is 0.261 e. The van der Waals surface area contributed by atoms with Gasteiger partial charge in [-0.05, 0) is 55.2 Å². The number of rotatable bonds is 7. The molecule has 7 heteroatoms. The maximum Gasteiger partial charge on any atom is 0.261 e. The van der Waals surface area contributed by atoms with E-state index in [-0.39, 0.29) is 24.4 Å². The first-order valence-corrected chi connectivity index (χ1v) is 12.8. The van der Waals surface area contributed by atoms with Gasteiger partial charge in [0.2, 0.25) is 0 Å². The van der Waals surface area contributed by atoms with Gasteiger partial charge in [-0.25, -0.2) is 4.98 Å². The molecule has 1 unspecified atom stereocenters. The fourth-order valence-electron chi connectivity index (χ4n) is 5.56. The maximum atomic E-state index is 12.7. The van der Waals surface area contributed by atoms with Crippen LogP contribution in [0.2, 0.25) is 0 Å². The summed E-state index contributed by atoms with van der Waals surface area (Å²) in [6.45, 7) is 1.59. The van der Waals surface area contributed by atoms with Crippen LogP contribution in [0.4, 0.5) is 0 Å². The minimum absolute atomic E-state index is 0.175. The van der Waals surface area contributed by atoms with Crippen molar-refractivity contribution < 1.29 is 9.59 Å². The summed E-state index contributed by atoms with van der Waals surface area (Å²) >= 11 is 0. The van der Waals surface area contributed by atoms with E-state index >= 15 is 0 Å². The standard InChI is InChI=1S/C30H29N5O2/c1-33-25-15-5-4-14-24(25)32-27(33)20-34(26-16-8-10-21-11-9-17-31-28(21)26)18-6-7-19-35-29(36)22-12-2-3-13-23(22)30(35)37/h2-7,9,11-15,17,26H,8,10,16,18-20H2,1H3/b7-6+. The quantitative estimate of drug-likeness (QED) is 0.277. The molecular weight excluding hydrogens is 462 g/mol. The van der Waals surface area contributed by atoms with Crippen molar-refractivity contribution in [1.29, 1.82) is 0 Å². The molecule has 37 heavy (non-hydrogen) atoms. The number of hydrogen-bond donors (Lipinski definition) is 0. The lowest BCUT2D eigenvalue weighted by molar-refractivity contribution is 0.0671. The number of amides is 2. The molecule has 1 aliphatic heterocycles. The lowest BCUT2D eigenvalue weighted by Crippen LogP contribution is -2.33. The highest BCUT2D eigenvalue weighted by atomic mass is 16.2. The molecule has 3 heterocycles. The molecule has 2 aromatic heterocycles. The summed E-state index contributed by atoms with van der Waals surface area (Å²) in [6, 6.07) is 19.6. The number of aromatic nitrogens is 3. The molecule has 186 valence electrons. The minimum Gasteiger partial charge on any atom is -0.330 e. The topological polar surface area (TPSA) is 71.3 Å². The first-order chi connectivity index (χ1) is 18.1. The van der Waals surface area contributed by atoms with Gasteiger partial charge in [0.15, 0.2) is 0 Å². The van der Waals surface area contributed by atoms with Crippen molar-refractivity contribution >= 4 is 22.8 Å². The summed E-state index contributed by atoms with van der Waals surface area (Å²) in [5.74, 6) is 0.539. The summed E-state index contributed by atoms with van der Waals surface area (Å²) in [5.41, 5.74) is 5.51. The molecule has 1 atom stereocenters. The Morgan fingerprint density at radius 2 is 1.73 bits per heavy atom. The van der Waals surface area contributed by atoms with E-state index in [1.165, 1.54) is 10.5 Å². The van der Waals surface area contributed by atoms with Gasteiger partial charge in [0, 0.05) is 26.3 Å². The van der Waals surface area contributed by atoms with E-state index in [1.807, 2.05) is 36.5 Å². The van der Waals surface area contributed by atoms with Crippen molar-refractivity contribution in [1.82, 2.24) is 24.3 Å². The van der Waals surface area contributed by atoms with Crippen LogP contribution in [0.15, 0.2) is 79.0 Å². The van der Waals surface area contributed by atoms with Crippen molar-refractivity contribution in [2.45, 2.75) is 31.8 Å². The highest BCUT2D eigenvalue weighted by Gasteiger charge is 2.34. The second-order valence-corrected chi connectivity index (χ2v) is 9.70. The van der Waals surface area contributed by atoms with Crippen LogP contribution in [-0.4, -0.2) is 49.2 Å². The second-order valence-electron chi connectivity index (χ2n) is 9.70. The number of aryl methyl sites for hydroxylation is 2. The number of imidazole rings is 1. The first-order valence-electron chi connectivity index (χ1n) is 12.8. The van der Waals surface area contributed by atoms with E-state index in [0.29, 0.717) is 24.2 Å². The molecule has 0 radical (unpaired) electrons. The molecule has 2 amide bonds. The van der Waals surface area contributed by atoms with E-state index in [2.05, 4.69) is 34.7 Å². The summed E-state index contributed by atoms with van der Waals surface area (Å²) in [6.07, 6.45) is 9.05. The second kappa shape index (κ2) is 9.75. The van der Waals surface area contributed by atoms with E-state index in [9.17, 15) is 9.59 Å². The molecule has 2 aliphatic rings. The minimum atomic E-state index is -0.229. The van der Waals surface area contributed by atoms with Crippen molar-refractivity contribution in [3.05, 3.63) is 107 Å². The zero-order valence-corrected chi connectivity index (χ0v) is 20.9. The Morgan fingerprint density at radius 1 is 0.973 bits per heavy atom. The zero-order valence-electron chi connectivity index (χ0n) is 20.9. The lowest BCUT2D eigenvalue weighted by atomic mass is 9.90. The summed E-state index contributed by atoms with van der Waals surface area (Å²) in [7, 11) is 2.06. The Balaban J connectivity index is 1.24. The molecule has 0 saturated carbocycles. The third kappa shape index (κ3) is 4.25.